The molecule has 0 atom stereocenters. The third-order valence-corrected chi connectivity index (χ3v) is 2.58. The summed E-state index contributed by atoms with van der Waals surface area (Å²) < 4.78 is 18.5. The normalized spacial score (nSPS) is 15.8. The number of rotatable bonds is 2. The minimum Gasteiger partial charge on any atom is -1.00 e. The summed E-state index contributed by atoms with van der Waals surface area (Å²) in [4.78, 5) is 0. The zero-order valence-electron chi connectivity index (χ0n) is 9.22. The fraction of sp³-hybridized carbons (Fsp3) is 0.500. The van der Waals surface area contributed by atoms with Crippen LogP contribution in [0.4, 0.5) is 4.39 Å². The third-order valence-electron chi connectivity index (χ3n) is 2.58. The Morgan fingerprint density at radius 3 is 2.56 bits per heavy atom. The summed E-state index contributed by atoms with van der Waals surface area (Å²) in [6.07, 6.45) is 6.18. The molecule has 1 aromatic rings. The van der Waals surface area contributed by atoms with Crippen molar-refractivity contribution in [2.24, 2.45) is 0 Å². The molecule has 0 radical (unpaired) electrons. The van der Waals surface area contributed by atoms with Crippen molar-refractivity contribution in [3.63, 3.8) is 0 Å². The van der Waals surface area contributed by atoms with Gasteiger partial charge in [0.1, 0.15) is 0 Å². The molecule has 0 aromatic heterocycles. The first-order valence-corrected chi connectivity index (χ1v) is 5.18. The Kier molecular flexibility index (Phi) is 8.41. The Hall–Kier alpha value is 0.196. The van der Waals surface area contributed by atoms with Crippen molar-refractivity contribution in [2.75, 3.05) is 0 Å². The Labute approximate surface area is 123 Å². The zero-order valence-corrected chi connectivity index (χ0v) is 12.2. The summed E-state index contributed by atoms with van der Waals surface area (Å²) in [6.45, 7) is 0. The Morgan fingerprint density at radius 2 is 1.94 bits per heavy atom. The van der Waals surface area contributed by atoms with Gasteiger partial charge in [-0.05, 0) is 25.7 Å². The number of halogens is 2. The molecule has 2 rings (SSSR count). The smallest absolute Gasteiger partial charge is 1.00 e. The summed E-state index contributed by atoms with van der Waals surface area (Å²) in [5.41, 5.74) is 0. The topological polar surface area (TPSA) is 9.23 Å². The van der Waals surface area contributed by atoms with Crippen LogP contribution in [0.25, 0.3) is 0 Å². The monoisotopic (exact) mass is 296 g/mol. The van der Waals surface area contributed by atoms with Gasteiger partial charge in [0, 0.05) is 11.6 Å². The largest absolute Gasteiger partial charge is 2.00 e. The maximum absolute atomic E-state index is 12.8. The van der Waals surface area contributed by atoms with E-state index in [-0.39, 0.29) is 52.0 Å². The van der Waals surface area contributed by atoms with Crippen LogP contribution in [-0.4, -0.2) is 29.2 Å². The fourth-order valence-electron chi connectivity index (χ4n) is 1.85. The van der Waals surface area contributed by atoms with Gasteiger partial charge in [0.15, 0.2) is 0 Å². The molecule has 1 aromatic carbocycles. The molecule has 4 heteroatoms. The predicted octanol–water partition coefficient (Wildman–Crippen LogP) is -0.0394. The molecule has 0 bridgehead atoms. The molecule has 0 aliphatic heterocycles. The van der Waals surface area contributed by atoms with Gasteiger partial charge in [-0.25, -0.2) is 4.39 Å². The molecule has 0 N–H and O–H groups in total. The van der Waals surface area contributed by atoms with Crippen LogP contribution in [0.5, 0.6) is 5.75 Å². The molecular weight excluding hydrogens is 283 g/mol. The first-order valence-electron chi connectivity index (χ1n) is 5.18. The van der Waals surface area contributed by atoms with E-state index in [1.165, 1.54) is 31.4 Å². The summed E-state index contributed by atoms with van der Waals surface area (Å²) >= 11 is 0. The van der Waals surface area contributed by atoms with E-state index >= 15 is 0 Å². The van der Waals surface area contributed by atoms with Gasteiger partial charge in [0.2, 0.25) is 0 Å². The van der Waals surface area contributed by atoms with E-state index in [0.29, 0.717) is 5.75 Å². The molecule has 84 valence electrons. The Balaban J connectivity index is 0.00000112. The summed E-state index contributed by atoms with van der Waals surface area (Å²) in [5, 5.41) is 0. The SMILES string of the molecule is Fc1cc[c-]c(OC2CCCCC2)c1.[Br-].[Mg+2]. The van der Waals surface area contributed by atoms with E-state index in [0.717, 1.165) is 12.8 Å². The van der Waals surface area contributed by atoms with Crippen molar-refractivity contribution < 1.29 is 26.1 Å². The minimum atomic E-state index is -0.255. The van der Waals surface area contributed by atoms with Crippen molar-refractivity contribution in [3.8, 4) is 5.75 Å². The van der Waals surface area contributed by atoms with E-state index in [1.54, 1.807) is 6.07 Å². The summed E-state index contributed by atoms with van der Waals surface area (Å²) in [6, 6.07) is 7.24. The van der Waals surface area contributed by atoms with E-state index in [9.17, 15) is 4.39 Å². The standard InChI is InChI=1S/C12H14FO.BrH.Mg/c13-10-5-4-8-12(9-10)14-11-6-2-1-3-7-11;;/h4-5,9,11H,1-3,6-7H2;1H;/q-1;;+2/p-1. The van der Waals surface area contributed by atoms with Gasteiger partial charge in [0.25, 0.3) is 0 Å². The molecule has 0 heterocycles. The van der Waals surface area contributed by atoms with E-state index in [4.69, 9.17) is 4.74 Å². The number of benzene rings is 1. The van der Waals surface area contributed by atoms with Crippen molar-refractivity contribution in [1.82, 2.24) is 0 Å². The number of ether oxygens (including phenoxy) is 1. The maximum atomic E-state index is 12.8. The van der Waals surface area contributed by atoms with Gasteiger partial charge >= 0.3 is 23.1 Å². The van der Waals surface area contributed by atoms with Gasteiger partial charge in [-0.3, -0.25) is 0 Å². The quantitative estimate of drug-likeness (QED) is 0.550. The van der Waals surface area contributed by atoms with Gasteiger partial charge in [-0.15, -0.1) is 12.1 Å². The second-order valence-electron chi connectivity index (χ2n) is 3.75. The van der Waals surface area contributed by atoms with Crippen LogP contribution in [0.1, 0.15) is 32.1 Å². The second-order valence-corrected chi connectivity index (χ2v) is 3.75. The molecule has 1 saturated carbocycles. The Bertz CT molecular complexity index is 303. The molecule has 1 aliphatic carbocycles. The van der Waals surface area contributed by atoms with Crippen LogP contribution in [0, 0.1) is 11.9 Å². The van der Waals surface area contributed by atoms with Crippen LogP contribution < -0.4 is 21.7 Å². The van der Waals surface area contributed by atoms with E-state index < -0.39 is 0 Å². The van der Waals surface area contributed by atoms with Gasteiger partial charge in [-0.2, -0.15) is 6.07 Å². The molecule has 0 amide bonds. The molecule has 1 nitrogen and oxygen atoms in total. The van der Waals surface area contributed by atoms with Gasteiger partial charge < -0.3 is 21.7 Å². The molecule has 16 heavy (non-hydrogen) atoms. The zero-order chi connectivity index (χ0) is 9.80. The molecular formula is C12H14BrFMgO. The first-order chi connectivity index (χ1) is 6.84. The van der Waals surface area contributed by atoms with Crippen molar-refractivity contribution in [3.05, 3.63) is 30.1 Å². The predicted molar refractivity (Wildman–Crippen MR) is 58.5 cm³/mol. The number of hydrogen-bond acceptors (Lipinski definition) is 1. The number of hydrogen-bond donors (Lipinski definition) is 0. The average Bonchev–Trinajstić information content (AvgIpc) is 2.19. The first kappa shape index (κ1) is 16.2. The Morgan fingerprint density at radius 1 is 1.25 bits per heavy atom. The van der Waals surface area contributed by atoms with Crippen LogP contribution in [-0.2, 0) is 0 Å². The van der Waals surface area contributed by atoms with Gasteiger partial charge in [0.05, 0.1) is 6.10 Å². The van der Waals surface area contributed by atoms with Crippen LogP contribution in [0.2, 0.25) is 0 Å². The molecule has 0 spiro atoms. The molecule has 1 fully saturated rings. The fourth-order valence-corrected chi connectivity index (χ4v) is 1.85. The average molecular weight is 297 g/mol. The second kappa shape index (κ2) is 8.31. The summed E-state index contributed by atoms with van der Waals surface area (Å²) in [5.74, 6) is 0.284. The minimum absolute atomic E-state index is 0. The van der Waals surface area contributed by atoms with Gasteiger partial charge in [-0.1, -0.05) is 12.5 Å². The van der Waals surface area contributed by atoms with Crippen molar-refractivity contribution in [2.45, 2.75) is 38.2 Å². The molecule has 0 unspecified atom stereocenters. The van der Waals surface area contributed by atoms with Crippen LogP contribution in [0.3, 0.4) is 0 Å². The summed E-state index contributed by atoms with van der Waals surface area (Å²) in [7, 11) is 0. The van der Waals surface area contributed by atoms with Crippen molar-refractivity contribution in [1.29, 1.82) is 0 Å². The van der Waals surface area contributed by atoms with Crippen LogP contribution in [0.15, 0.2) is 18.2 Å². The van der Waals surface area contributed by atoms with Crippen molar-refractivity contribution >= 4 is 23.1 Å². The molecule has 1 aliphatic rings. The molecule has 0 saturated heterocycles. The third kappa shape index (κ3) is 5.02. The van der Waals surface area contributed by atoms with E-state index in [2.05, 4.69) is 6.07 Å². The van der Waals surface area contributed by atoms with Crippen LogP contribution >= 0.6 is 0 Å². The van der Waals surface area contributed by atoms with E-state index in [1.807, 2.05) is 0 Å². The maximum Gasteiger partial charge on any atom is 2.00 e.